The van der Waals surface area contributed by atoms with E-state index in [1.807, 2.05) is 0 Å². The summed E-state index contributed by atoms with van der Waals surface area (Å²) in [6.07, 6.45) is 10.3. The fourth-order valence-corrected chi connectivity index (χ4v) is 4.92. The summed E-state index contributed by atoms with van der Waals surface area (Å²) in [5.41, 5.74) is 1.48. The van der Waals surface area contributed by atoms with Crippen LogP contribution in [0.1, 0.15) is 12.0 Å². The number of benzene rings is 1. The number of allylic oxidation sites excluding steroid dienone is 4. The van der Waals surface area contributed by atoms with E-state index in [2.05, 4.69) is 74.3 Å². The molecule has 0 aromatic heterocycles. The summed E-state index contributed by atoms with van der Waals surface area (Å²) in [4.78, 5) is 0. The summed E-state index contributed by atoms with van der Waals surface area (Å²) in [5, 5.41) is 0.281. The Hall–Kier alpha value is -1.08. The van der Waals surface area contributed by atoms with Gasteiger partial charge in [-0.3, -0.25) is 0 Å². The predicted molar refractivity (Wildman–Crippen MR) is 74.4 cm³/mol. The molecular weight excluding hydrogens is 208 g/mol. The standard InChI is InChI=1S/C15H20Si/c1-16(2,3)15(12-8-5-9-13-15)14-10-6-4-7-11-14/h4-12H,13H2,1-3H3. The fraction of sp³-hybridized carbons (Fsp3) is 0.333. The molecule has 1 aromatic rings. The molecule has 1 aliphatic rings. The molecule has 0 N–H and O–H groups in total. The highest BCUT2D eigenvalue weighted by molar-refractivity contribution is 6.79. The smallest absolute Gasteiger partial charge is 0.0608 e. The maximum atomic E-state index is 2.46. The Bertz CT molecular complexity index is 409. The molecule has 0 spiro atoms. The lowest BCUT2D eigenvalue weighted by atomic mass is 9.91. The van der Waals surface area contributed by atoms with Gasteiger partial charge in [0, 0.05) is 5.04 Å². The quantitative estimate of drug-likeness (QED) is 0.661. The van der Waals surface area contributed by atoms with E-state index >= 15 is 0 Å². The lowest BCUT2D eigenvalue weighted by molar-refractivity contribution is 0.722. The van der Waals surface area contributed by atoms with Crippen LogP contribution in [0, 0.1) is 0 Å². The largest absolute Gasteiger partial charge is 0.0836 e. The zero-order valence-electron chi connectivity index (χ0n) is 10.4. The maximum absolute atomic E-state index is 2.46. The topological polar surface area (TPSA) is 0 Å². The number of rotatable bonds is 2. The molecule has 1 aliphatic carbocycles. The number of hydrogen-bond acceptors (Lipinski definition) is 0. The van der Waals surface area contributed by atoms with Gasteiger partial charge < -0.3 is 0 Å². The summed E-state index contributed by atoms with van der Waals surface area (Å²) in [7, 11) is -1.29. The molecule has 0 aliphatic heterocycles. The van der Waals surface area contributed by atoms with Crippen molar-refractivity contribution >= 4 is 8.07 Å². The van der Waals surface area contributed by atoms with Crippen molar-refractivity contribution < 1.29 is 0 Å². The van der Waals surface area contributed by atoms with E-state index in [9.17, 15) is 0 Å². The summed E-state index contributed by atoms with van der Waals surface area (Å²) >= 11 is 0. The lowest BCUT2D eigenvalue weighted by Gasteiger charge is -2.42. The van der Waals surface area contributed by atoms with Crippen LogP contribution in [0.5, 0.6) is 0 Å². The van der Waals surface area contributed by atoms with Crippen LogP contribution < -0.4 is 0 Å². The predicted octanol–water partition coefficient (Wildman–Crippen LogP) is 4.32. The van der Waals surface area contributed by atoms with Crippen LogP contribution in [0.25, 0.3) is 0 Å². The van der Waals surface area contributed by atoms with Gasteiger partial charge in [-0.25, -0.2) is 0 Å². The Morgan fingerprint density at radius 1 is 1.00 bits per heavy atom. The second-order valence-corrected chi connectivity index (χ2v) is 11.0. The second-order valence-electron chi connectivity index (χ2n) is 5.58. The number of hydrogen-bond donors (Lipinski definition) is 0. The third kappa shape index (κ3) is 1.80. The van der Waals surface area contributed by atoms with E-state index in [1.165, 1.54) is 5.56 Å². The van der Waals surface area contributed by atoms with Crippen LogP contribution in [0.15, 0.2) is 54.6 Å². The Balaban J connectivity index is 2.52. The minimum absolute atomic E-state index is 0.281. The molecule has 0 radical (unpaired) electrons. The van der Waals surface area contributed by atoms with Crippen molar-refractivity contribution in [3.63, 3.8) is 0 Å². The zero-order chi connectivity index (χ0) is 11.6. The highest BCUT2D eigenvalue weighted by Crippen LogP contribution is 2.40. The molecule has 1 unspecified atom stereocenters. The van der Waals surface area contributed by atoms with Gasteiger partial charge in [-0.05, 0) is 12.0 Å². The van der Waals surface area contributed by atoms with Gasteiger partial charge in [0.2, 0.25) is 0 Å². The van der Waals surface area contributed by atoms with E-state index in [4.69, 9.17) is 0 Å². The molecule has 84 valence electrons. The van der Waals surface area contributed by atoms with Crippen molar-refractivity contribution in [2.45, 2.75) is 31.1 Å². The summed E-state index contributed by atoms with van der Waals surface area (Å²) < 4.78 is 0. The van der Waals surface area contributed by atoms with Gasteiger partial charge in [0.05, 0.1) is 8.07 Å². The van der Waals surface area contributed by atoms with Gasteiger partial charge in [-0.2, -0.15) is 0 Å². The van der Waals surface area contributed by atoms with Crippen LogP contribution in [0.2, 0.25) is 19.6 Å². The van der Waals surface area contributed by atoms with Gasteiger partial charge >= 0.3 is 0 Å². The van der Waals surface area contributed by atoms with Gasteiger partial charge in [0.1, 0.15) is 0 Å². The zero-order valence-corrected chi connectivity index (χ0v) is 11.4. The van der Waals surface area contributed by atoms with Crippen molar-refractivity contribution in [3.8, 4) is 0 Å². The Morgan fingerprint density at radius 3 is 2.19 bits per heavy atom. The molecule has 16 heavy (non-hydrogen) atoms. The minimum atomic E-state index is -1.29. The molecule has 1 heteroatoms. The van der Waals surface area contributed by atoms with Crippen molar-refractivity contribution in [2.75, 3.05) is 0 Å². The van der Waals surface area contributed by atoms with Crippen LogP contribution in [0.3, 0.4) is 0 Å². The monoisotopic (exact) mass is 228 g/mol. The van der Waals surface area contributed by atoms with Crippen molar-refractivity contribution in [1.82, 2.24) is 0 Å². The molecule has 0 bridgehead atoms. The molecule has 0 amide bonds. The first-order valence-electron chi connectivity index (χ1n) is 5.96. The molecule has 0 fully saturated rings. The molecule has 0 saturated heterocycles. The van der Waals surface area contributed by atoms with Crippen molar-refractivity contribution in [2.24, 2.45) is 0 Å². The van der Waals surface area contributed by atoms with Crippen LogP contribution in [0.4, 0.5) is 0 Å². The molecule has 0 saturated carbocycles. The van der Waals surface area contributed by atoms with E-state index in [1.54, 1.807) is 0 Å². The fourth-order valence-electron chi connectivity index (χ4n) is 2.56. The SMILES string of the molecule is C[Si](C)(C)C1(c2ccccc2)C=CC=CC1. The normalized spacial score (nSPS) is 24.7. The van der Waals surface area contributed by atoms with Crippen LogP contribution in [-0.2, 0) is 5.04 Å². The third-order valence-corrected chi connectivity index (χ3v) is 7.03. The molecule has 1 aromatic carbocycles. The second kappa shape index (κ2) is 4.06. The minimum Gasteiger partial charge on any atom is -0.0836 e. The molecule has 0 heterocycles. The van der Waals surface area contributed by atoms with E-state index < -0.39 is 8.07 Å². The average molecular weight is 228 g/mol. The van der Waals surface area contributed by atoms with E-state index in [0.717, 1.165) is 6.42 Å². The highest BCUT2D eigenvalue weighted by Gasteiger charge is 2.42. The Morgan fingerprint density at radius 2 is 1.69 bits per heavy atom. The first-order valence-corrected chi connectivity index (χ1v) is 9.46. The van der Waals surface area contributed by atoms with Gasteiger partial charge in [0.15, 0.2) is 0 Å². The van der Waals surface area contributed by atoms with Gasteiger partial charge in [-0.1, -0.05) is 74.3 Å². The Labute approximate surface area is 99.7 Å². The van der Waals surface area contributed by atoms with Gasteiger partial charge in [-0.15, -0.1) is 0 Å². The summed E-state index contributed by atoms with van der Waals surface area (Å²) in [6.45, 7) is 7.39. The van der Waals surface area contributed by atoms with Gasteiger partial charge in [0.25, 0.3) is 0 Å². The van der Waals surface area contributed by atoms with Crippen molar-refractivity contribution in [1.29, 1.82) is 0 Å². The molecule has 2 rings (SSSR count). The average Bonchev–Trinajstić information content (AvgIpc) is 2.30. The lowest BCUT2D eigenvalue weighted by Crippen LogP contribution is -2.48. The molecular formula is C15H20Si. The summed E-state index contributed by atoms with van der Waals surface area (Å²) in [5.74, 6) is 0. The molecule has 1 atom stereocenters. The molecule has 0 nitrogen and oxygen atoms in total. The van der Waals surface area contributed by atoms with E-state index in [-0.39, 0.29) is 5.04 Å². The van der Waals surface area contributed by atoms with Crippen molar-refractivity contribution in [3.05, 3.63) is 60.2 Å². The van der Waals surface area contributed by atoms with E-state index in [0.29, 0.717) is 0 Å². The third-order valence-electron chi connectivity index (χ3n) is 3.70. The Kier molecular flexibility index (Phi) is 2.89. The first kappa shape index (κ1) is 11.4. The maximum Gasteiger partial charge on any atom is 0.0608 e. The highest BCUT2D eigenvalue weighted by atomic mass is 28.3. The van der Waals surface area contributed by atoms with Crippen LogP contribution >= 0.6 is 0 Å². The van der Waals surface area contributed by atoms with Crippen LogP contribution in [-0.4, -0.2) is 8.07 Å². The summed E-state index contributed by atoms with van der Waals surface area (Å²) in [6, 6.07) is 11.0. The first-order chi connectivity index (χ1) is 7.56.